The number of likely N-dealkylation sites (N-methyl/N-ethyl adjacent to an activating group) is 1. The van der Waals surface area contributed by atoms with Crippen LogP contribution in [-0.4, -0.2) is 35.5 Å². The number of hydrogen-bond acceptors (Lipinski definition) is 2. The van der Waals surface area contributed by atoms with Gasteiger partial charge in [0.25, 0.3) is 0 Å². The first-order chi connectivity index (χ1) is 9.90. The van der Waals surface area contributed by atoms with E-state index in [1.807, 2.05) is 12.1 Å². The standard InChI is InChI=1S/C17H23NO3/c1-13(2)15-9-6-14(7-10-15)8-11-16(19)18(3)12-4-5-17(20)21/h6-11,13H,4-5,12H2,1-3H3,(H,20,21)/b11-8+. The summed E-state index contributed by atoms with van der Waals surface area (Å²) in [6.45, 7) is 4.72. The number of amides is 1. The predicted molar refractivity (Wildman–Crippen MR) is 84.1 cm³/mol. The second kappa shape index (κ2) is 8.25. The zero-order chi connectivity index (χ0) is 15.8. The van der Waals surface area contributed by atoms with Crippen LogP contribution in [0.3, 0.4) is 0 Å². The summed E-state index contributed by atoms with van der Waals surface area (Å²) in [7, 11) is 1.68. The van der Waals surface area contributed by atoms with Crippen LogP contribution in [0.25, 0.3) is 6.08 Å². The van der Waals surface area contributed by atoms with Crippen molar-refractivity contribution < 1.29 is 14.7 Å². The topological polar surface area (TPSA) is 57.6 Å². The van der Waals surface area contributed by atoms with Gasteiger partial charge in [-0.3, -0.25) is 9.59 Å². The average molecular weight is 289 g/mol. The van der Waals surface area contributed by atoms with E-state index in [0.29, 0.717) is 18.9 Å². The van der Waals surface area contributed by atoms with Gasteiger partial charge in [-0.15, -0.1) is 0 Å². The van der Waals surface area contributed by atoms with Gasteiger partial charge in [0.1, 0.15) is 0 Å². The van der Waals surface area contributed by atoms with Crippen LogP contribution in [0.2, 0.25) is 0 Å². The van der Waals surface area contributed by atoms with Gasteiger partial charge in [0.15, 0.2) is 0 Å². The van der Waals surface area contributed by atoms with Gasteiger partial charge in [-0.05, 0) is 29.5 Å². The van der Waals surface area contributed by atoms with E-state index in [1.165, 1.54) is 16.5 Å². The van der Waals surface area contributed by atoms with Gasteiger partial charge in [-0.1, -0.05) is 38.1 Å². The molecule has 1 N–H and O–H groups in total. The highest BCUT2D eigenvalue weighted by atomic mass is 16.4. The molecule has 0 unspecified atom stereocenters. The Bertz CT molecular complexity index is 503. The Morgan fingerprint density at radius 2 is 1.86 bits per heavy atom. The molecule has 0 radical (unpaired) electrons. The fourth-order valence-corrected chi connectivity index (χ4v) is 1.86. The van der Waals surface area contributed by atoms with Crippen molar-refractivity contribution in [3.63, 3.8) is 0 Å². The smallest absolute Gasteiger partial charge is 0.303 e. The molecule has 1 amide bonds. The largest absolute Gasteiger partial charge is 0.481 e. The molecule has 0 bridgehead atoms. The molecule has 4 nitrogen and oxygen atoms in total. The first-order valence-corrected chi connectivity index (χ1v) is 7.15. The third-order valence-corrected chi connectivity index (χ3v) is 3.28. The number of carboxylic acids is 1. The maximum atomic E-state index is 11.9. The van der Waals surface area contributed by atoms with Crippen molar-refractivity contribution in [2.24, 2.45) is 0 Å². The van der Waals surface area contributed by atoms with Crippen molar-refractivity contribution in [1.29, 1.82) is 0 Å². The van der Waals surface area contributed by atoms with E-state index < -0.39 is 5.97 Å². The molecule has 4 heteroatoms. The van der Waals surface area contributed by atoms with E-state index in [4.69, 9.17) is 5.11 Å². The van der Waals surface area contributed by atoms with Crippen LogP contribution in [0, 0.1) is 0 Å². The summed E-state index contributed by atoms with van der Waals surface area (Å²) in [5, 5.41) is 8.56. The molecule has 21 heavy (non-hydrogen) atoms. The van der Waals surface area contributed by atoms with Crippen molar-refractivity contribution in [3.05, 3.63) is 41.5 Å². The number of carbonyl (C=O) groups excluding carboxylic acids is 1. The summed E-state index contributed by atoms with van der Waals surface area (Å²) in [4.78, 5) is 23.8. The van der Waals surface area contributed by atoms with Crippen molar-refractivity contribution in [3.8, 4) is 0 Å². The van der Waals surface area contributed by atoms with Gasteiger partial charge in [0.2, 0.25) is 5.91 Å². The minimum absolute atomic E-state index is 0.0813. The van der Waals surface area contributed by atoms with Gasteiger partial charge >= 0.3 is 5.97 Å². The Morgan fingerprint density at radius 1 is 1.24 bits per heavy atom. The highest BCUT2D eigenvalue weighted by molar-refractivity contribution is 5.91. The second-order valence-corrected chi connectivity index (χ2v) is 5.41. The number of benzene rings is 1. The van der Waals surface area contributed by atoms with Crippen molar-refractivity contribution in [2.75, 3.05) is 13.6 Å². The molecule has 0 fully saturated rings. The lowest BCUT2D eigenvalue weighted by molar-refractivity contribution is -0.137. The molecule has 0 aliphatic carbocycles. The zero-order valence-corrected chi connectivity index (χ0v) is 12.9. The fraction of sp³-hybridized carbons (Fsp3) is 0.412. The van der Waals surface area contributed by atoms with E-state index >= 15 is 0 Å². The Kier molecular flexibility index (Phi) is 6.66. The van der Waals surface area contributed by atoms with E-state index in [9.17, 15) is 9.59 Å². The quantitative estimate of drug-likeness (QED) is 0.784. The maximum absolute atomic E-state index is 11.9. The van der Waals surface area contributed by atoms with Crippen LogP contribution in [0.5, 0.6) is 0 Å². The SMILES string of the molecule is CC(C)c1ccc(/C=C/C(=O)N(C)CCCC(=O)O)cc1. The van der Waals surface area contributed by atoms with Crippen LogP contribution in [0.1, 0.15) is 43.7 Å². The number of hydrogen-bond donors (Lipinski definition) is 1. The van der Waals surface area contributed by atoms with Crippen LogP contribution in [0.15, 0.2) is 30.3 Å². The van der Waals surface area contributed by atoms with Gasteiger partial charge in [-0.2, -0.15) is 0 Å². The molecule has 0 saturated carbocycles. The van der Waals surface area contributed by atoms with E-state index in [0.717, 1.165) is 5.56 Å². The van der Waals surface area contributed by atoms with Gasteiger partial charge in [0.05, 0.1) is 0 Å². The monoisotopic (exact) mass is 289 g/mol. The molecular formula is C17H23NO3. The zero-order valence-electron chi connectivity index (χ0n) is 12.9. The summed E-state index contributed by atoms with van der Waals surface area (Å²) in [5.41, 5.74) is 2.25. The molecule has 1 aromatic rings. The summed E-state index contributed by atoms with van der Waals surface area (Å²) in [5.74, 6) is -0.463. The lowest BCUT2D eigenvalue weighted by Gasteiger charge is -2.14. The van der Waals surface area contributed by atoms with Crippen LogP contribution in [0.4, 0.5) is 0 Å². The predicted octanol–water partition coefficient (Wildman–Crippen LogP) is 3.15. The summed E-state index contributed by atoms with van der Waals surface area (Å²) in [6, 6.07) is 8.10. The summed E-state index contributed by atoms with van der Waals surface area (Å²) >= 11 is 0. The minimum Gasteiger partial charge on any atom is -0.481 e. The average Bonchev–Trinajstić information content (AvgIpc) is 2.44. The lowest BCUT2D eigenvalue weighted by Crippen LogP contribution is -2.26. The lowest BCUT2D eigenvalue weighted by atomic mass is 10.0. The summed E-state index contributed by atoms with van der Waals surface area (Å²) < 4.78 is 0. The van der Waals surface area contributed by atoms with E-state index in [-0.39, 0.29) is 12.3 Å². The first kappa shape index (κ1) is 17.0. The third-order valence-electron chi connectivity index (χ3n) is 3.28. The number of carbonyl (C=O) groups is 2. The Morgan fingerprint density at radius 3 is 2.38 bits per heavy atom. The van der Waals surface area contributed by atoms with Gasteiger partial charge < -0.3 is 10.0 Å². The Labute approximate surface area is 126 Å². The molecule has 1 aromatic carbocycles. The highest BCUT2D eigenvalue weighted by Crippen LogP contribution is 2.15. The van der Waals surface area contributed by atoms with Gasteiger partial charge in [0, 0.05) is 26.1 Å². The maximum Gasteiger partial charge on any atom is 0.303 e. The summed E-state index contributed by atoms with van der Waals surface area (Å²) in [6.07, 6.45) is 3.85. The molecule has 0 heterocycles. The van der Waals surface area contributed by atoms with Gasteiger partial charge in [-0.25, -0.2) is 0 Å². The normalized spacial score (nSPS) is 11.0. The molecule has 0 atom stereocenters. The third kappa shape index (κ3) is 6.25. The van der Waals surface area contributed by atoms with Crippen molar-refractivity contribution >= 4 is 18.0 Å². The molecule has 114 valence electrons. The van der Waals surface area contributed by atoms with Crippen LogP contribution >= 0.6 is 0 Å². The number of aliphatic carboxylic acids is 1. The number of nitrogens with zero attached hydrogens (tertiary/aromatic N) is 1. The number of carboxylic acid groups (broad SMARTS) is 1. The highest BCUT2D eigenvalue weighted by Gasteiger charge is 2.05. The Hall–Kier alpha value is -2.10. The first-order valence-electron chi connectivity index (χ1n) is 7.15. The molecule has 0 aliphatic rings. The molecular weight excluding hydrogens is 266 g/mol. The van der Waals surface area contributed by atoms with Crippen LogP contribution in [-0.2, 0) is 9.59 Å². The molecule has 0 aromatic heterocycles. The second-order valence-electron chi connectivity index (χ2n) is 5.41. The molecule has 1 rings (SSSR count). The van der Waals surface area contributed by atoms with Crippen molar-refractivity contribution in [2.45, 2.75) is 32.6 Å². The Balaban J connectivity index is 2.50. The minimum atomic E-state index is -0.836. The van der Waals surface area contributed by atoms with E-state index in [1.54, 1.807) is 13.1 Å². The number of rotatable bonds is 7. The molecule has 0 saturated heterocycles. The molecule has 0 spiro atoms. The van der Waals surface area contributed by atoms with Crippen LogP contribution < -0.4 is 0 Å². The fourth-order valence-electron chi connectivity index (χ4n) is 1.86. The molecule has 0 aliphatic heterocycles. The van der Waals surface area contributed by atoms with E-state index in [2.05, 4.69) is 26.0 Å². The van der Waals surface area contributed by atoms with Crippen molar-refractivity contribution in [1.82, 2.24) is 4.90 Å².